The van der Waals surface area contributed by atoms with Crippen molar-refractivity contribution >= 4 is 25.4 Å². The highest BCUT2D eigenvalue weighted by molar-refractivity contribution is 7.55. The Morgan fingerprint density at radius 1 is 0.892 bits per heavy atom. The Kier molecular flexibility index (Phi) is 9.33. The van der Waals surface area contributed by atoms with Gasteiger partial charge in [-0.15, -0.1) is 0 Å². The van der Waals surface area contributed by atoms with E-state index in [9.17, 15) is 9.36 Å². The van der Waals surface area contributed by atoms with Crippen molar-refractivity contribution < 1.29 is 40.6 Å². The summed E-state index contributed by atoms with van der Waals surface area (Å²) in [5.74, 6) is -0.452. The maximum Gasteiger partial charge on any atom is 0.457 e. The Morgan fingerprint density at radius 3 is 1.95 bits per heavy atom. The minimum Gasteiger partial charge on any atom is -1.00 e. The molecule has 0 aliphatic carbocycles. The van der Waals surface area contributed by atoms with E-state index < -0.39 is 19.3 Å². The van der Waals surface area contributed by atoms with Gasteiger partial charge in [-0.25, -0.2) is 4.57 Å². The van der Waals surface area contributed by atoms with E-state index in [0.29, 0.717) is 28.4 Å². The number of amidine groups is 1. The maximum atomic E-state index is 14.5. The first-order valence-electron chi connectivity index (χ1n) is 11.0. The van der Waals surface area contributed by atoms with Crippen LogP contribution in [0.1, 0.15) is 22.7 Å². The van der Waals surface area contributed by atoms with Crippen LogP contribution in [0.25, 0.3) is 6.08 Å². The summed E-state index contributed by atoms with van der Waals surface area (Å²) in [4.78, 5) is 12.9. The fourth-order valence-corrected chi connectivity index (χ4v) is 5.21. The number of carbonyl (C=O) groups is 1. The van der Waals surface area contributed by atoms with Gasteiger partial charge < -0.3 is 31.2 Å². The number of hydrogen-bond donors (Lipinski definition) is 3. The lowest BCUT2D eigenvalue weighted by atomic mass is 10.1. The van der Waals surface area contributed by atoms with Crippen molar-refractivity contribution in [2.75, 3.05) is 0 Å². The molecule has 1 aromatic heterocycles. The normalized spacial score (nSPS) is 11.8. The zero-order valence-corrected chi connectivity index (χ0v) is 21.2. The Bertz CT molecular complexity index is 1330. The van der Waals surface area contributed by atoms with Crippen LogP contribution in [0.4, 0.5) is 0 Å². The number of benzene rings is 3. The fraction of sp³-hybridized carbons (Fsp3) is 0.0370. The molecular weight excluding hydrogens is 513 g/mol. The summed E-state index contributed by atoms with van der Waals surface area (Å²) >= 11 is 0. The van der Waals surface area contributed by atoms with Crippen LogP contribution in [0.3, 0.4) is 0 Å². The Labute approximate surface area is 220 Å². The zero-order valence-electron chi connectivity index (χ0n) is 19.6. The van der Waals surface area contributed by atoms with Crippen molar-refractivity contribution in [3.8, 4) is 11.5 Å². The molecule has 1 unspecified atom stereocenters. The summed E-state index contributed by atoms with van der Waals surface area (Å²) in [7, 11) is -4.13. The third-order valence-corrected chi connectivity index (χ3v) is 7.04. The number of halogens is 1. The lowest BCUT2D eigenvalue weighted by Gasteiger charge is -2.28. The van der Waals surface area contributed by atoms with E-state index in [1.165, 1.54) is 18.4 Å². The van der Waals surface area contributed by atoms with Gasteiger partial charge in [0.1, 0.15) is 17.3 Å². The van der Waals surface area contributed by atoms with Crippen molar-refractivity contribution in [1.29, 1.82) is 0 Å². The molecular formula is C27H25ClN3O5P. The van der Waals surface area contributed by atoms with Crippen LogP contribution in [0.5, 0.6) is 11.5 Å². The maximum absolute atomic E-state index is 14.5. The summed E-state index contributed by atoms with van der Waals surface area (Å²) in [5.41, 5.74) is 6.75. The number of para-hydroxylation sites is 2. The monoisotopic (exact) mass is 537 g/mol. The number of hydrogen-bond acceptors (Lipinski definition) is 5. The van der Waals surface area contributed by atoms with Gasteiger partial charge in [-0.3, -0.25) is 15.9 Å². The van der Waals surface area contributed by atoms with Crippen LogP contribution >= 0.6 is 7.60 Å². The van der Waals surface area contributed by atoms with Crippen molar-refractivity contribution in [2.45, 2.75) is 5.78 Å². The number of nitrogens with one attached hydrogen (secondary N) is 1. The van der Waals surface area contributed by atoms with Gasteiger partial charge in [0.05, 0.1) is 11.8 Å². The van der Waals surface area contributed by atoms with Crippen LogP contribution in [-0.4, -0.2) is 11.7 Å². The van der Waals surface area contributed by atoms with E-state index in [0.717, 1.165) is 0 Å². The standard InChI is InChI=1S/C27H24N3O5P.ClH/c28-26(29)20-13-15-21(16-14-20)27(30-25(31)18-17-22-12-7-19-33-22)36(32,34-23-8-3-1-4-9-23)35-24-10-5-2-6-11-24;/h1-19,27H,(H3,28,29)(H,30,31);1H/b18-17+;. The largest absolute Gasteiger partial charge is 1.00 e. The minimum absolute atomic E-state index is 0. The predicted molar refractivity (Wildman–Crippen MR) is 137 cm³/mol. The molecule has 1 amide bonds. The average Bonchev–Trinajstić information content (AvgIpc) is 3.41. The second-order valence-electron chi connectivity index (χ2n) is 7.69. The van der Waals surface area contributed by atoms with E-state index in [1.54, 1.807) is 97.1 Å². The predicted octanol–water partition coefficient (Wildman–Crippen LogP) is 0.927. The molecule has 0 spiro atoms. The van der Waals surface area contributed by atoms with Gasteiger partial charge in [-0.05, 0) is 60.2 Å². The first kappa shape index (κ1) is 27.3. The third-order valence-electron chi connectivity index (χ3n) is 5.05. The second kappa shape index (κ2) is 12.6. The highest BCUT2D eigenvalue weighted by Crippen LogP contribution is 2.59. The lowest BCUT2D eigenvalue weighted by molar-refractivity contribution is -0.117. The smallest absolute Gasteiger partial charge is 0.457 e. The van der Waals surface area contributed by atoms with E-state index in [1.807, 2.05) is 0 Å². The van der Waals surface area contributed by atoms with Gasteiger partial charge in [0.2, 0.25) is 5.91 Å². The molecule has 1 atom stereocenters. The molecule has 0 bridgehead atoms. The molecule has 4 rings (SSSR count). The molecule has 0 saturated heterocycles. The van der Waals surface area contributed by atoms with Crippen molar-refractivity contribution in [3.05, 3.63) is 126 Å². The molecule has 190 valence electrons. The topological polar surface area (TPSA) is 129 Å². The Balaban J connectivity index is 0.00000380. The molecule has 0 radical (unpaired) electrons. The lowest BCUT2D eigenvalue weighted by Crippen LogP contribution is -3.00. The Hall–Kier alpha value is -4.26. The quantitative estimate of drug-likeness (QED) is 0.119. The number of rotatable bonds is 10. The molecule has 37 heavy (non-hydrogen) atoms. The van der Waals surface area contributed by atoms with Gasteiger partial charge in [0.25, 0.3) is 5.84 Å². The van der Waals surface area contributed by atoms with Gasteiger partial charge in [0, 0.05) is 6.08 Å². The summed E-state index contributed by atoms with van der Waals surface area (Å²) < 4.78 is 31.7. The molecule has 0 saturated carbocycles. The summed E-state index contributed by atoms with van der Waals surface area (Å²) in [5, 5.41) is 8.47. The van der Waals surface area contributed by atoms with Crippen LogP contribution in [0.2, 0.25) is 0 Å². The SMILES string of the molecule is NC(=[NH2+])c1ccc(C(NC(=O)/C=C/c2ccco2)P(=O)(Oc2ccccc2)Oc2ccccc2)cc1.[Cl-]. The number of nitrogens with two attached hydrogens (primary N) is 2. The van der Waals surface area contributed by atoms with Crippen LogP contribution in [0.15, 0.2) is 114 Å². The third kappa shape index (κ3) is 7.36. The van der Waals surface area contributed by atoms with Gasteiger partial charge in [-0.1, -0.05) is 48.5 Å². The summed E-state index contributed by atoms with van der Waals surface area (Å²) in [6.07, 6.45) is 4.28. The highest BCUT2D eigenvalue weighted by Gasteiger charge is 2.42. The van der Waals surface area contributed by atoms with E-state index in [4.69, 9.17) is 24.6 Å². The Morgan fingerprint density at radius 2 is 1.46 bits per heavy atom. The molecule has 3 aromatic carbocycles. The first-order chi connectivity index (χ1) is 17.4. The van der Waals surface area contributed by atoms with Crippen molar-refractivity contribution in [3.63, 3.8) is 0 Å². The molecule has 10 heteroatoms. The number of amides is 1. The van der Waals surface area contributed by atoms with E-state index >= 15 is 0 Å². The molecule has 0 aliphatic rings. The highest BCUT2D eigenvalue weighted by atomic mass is 35.5. The summed E-state index contributed by atoms with van der Waals surface area (Å²) in [6, 6.07) is 27.3. The molecule has 1 heterocycles. The first-order valence-corrected chi connectivity index (χ1v) is 12.6. The number of carbonyl (C=O) groups excluding carboxylic acids is 1. The minimum atomic E-state index is -4.13. The summed E-state index contributed by atoms with van der Waals surface area (Å²) in [6.45, 7) is 0. The van der Waals surface area contributed by atoms with Crippen LogP contribution in [0, 0.1) is 0 Å². The van der Waals surface area contributed by atoms with Gasteiger partial charge in [0.15, 0.2) is 5.78 Å². The van der Waals surface area contributed by atoms with Gasteiger partial charge >= 0.3 is 7.60 Å². The van der Waals surface area contributed by atoms with Crippen molar-refractivity contribution in [2.24, 2.45) is 5.73 Å². The zero-order chi connectivity index (χ0) is 25.4. The fourth-order valence-electron chi connectivity index (χ4n) is 3.31. The molecule has 4 aromatic rings. The molecule has 5 N–H and O–H groups in total. The average molecular weight is 538 g/mol. The second-order valence-corrected chi connectivity index (χ2v) is 9.65. The van der Waals surface area contributed by atoms with E-state index in [-0.39, 0.29) is 18.2 Å². The number of furan rings is 1. The molecule has 0 fully saturated rings. The van der Waals surface area contributed by atoms with Crippen LogP contribution in [-0.2, 0) is 9.36 Å². The van der Waals surface area contributed by atoms with Crippen molar-refractivity contribution in [1.82, 2.24) is 5.32 Å². The van der Waals surface area contributed by atoms with E-state index in [2.05, 4.69) is 5.32 Å². The van der Waals surface area contributed by atoms with Gasteiger partial charge in [-0.2, -0.15) is 0 Å². The molecule has 8 nitrogen and oxygen atoms in total. The molecule has 0 aliphatic heterocycles. The van der Waals surface area contributed by atoms with Crippen LogP contribution < -0.4 is 37.9 Å².